The van der Waals surface area contributed by atoms with Crippen molar-refractivity contribution in [2.45, 2.75) is 24.4 Å². The fourth-order valence-electron chi connectivity index (χ4n) is 1.50. The number of aldehydes is 1. The summed E-state index contributed by atoms with van der Waals surface area (Å²) in [5, 5.41) is 9.75. The van der Waals surface area contributed by atoms with Gasteiger partial charge in [-0.1, -0.05) is 0 Å². The first-order valence-corrected chi connectivity index (χ1v) is 4.86. The van der Waals surface area contributed by atoms with Gasteiger partial charge in [0.05, 0.1) is 6.61 Å². The molecule has 16 heavy (non-hydrogen) atoms. The molecule has 0 bridgehead atoms. The number of methoxy groups -OCH3 is 4. The molecule has 1 N–H and O–H groups in total. The van der Waals surface area contributed by atoms with E-state index in [1.807, 2.05) is 0 Å². The van der Waals surface area contributed by atoms with Crippen LogP contribution in [0.4, 0.5) is 0 Å². The van der Waals surface area contributed by atoms with Gasteiger partial charge in [0.15, 0.2) is 6.29 Å². The monoisotopic (exact) mass is 236 g/mol. The summed E-state index contributed by atoms with van der Waals surface area (Å²) >= 11 is 0. The highest BCUT2D eigenvalue weighted by molar-refractivity contribution is 5.57. The quantitative estimate of drug-likeness (QED) is 0.530. The molecule has 0 aliphatic carbocycles. The van der Waals surface area contributed by atoms with E-state index in [4.69, 9.17) is 18.9 Å². The summed E-state index contributed by atoms with van der Waals surface area (Å²) in [5.74, 6) is 0. The van der Waals surface area contributed by atoms with Gasteiger partial charge in [-0.3, -0.25) is 0 Å². The lowest BCUT2D eigenvalue weighted by molar-refractivity contribution is -0.156. The number of carbonyl (C=O) groups is 1. The standard InChI is InChI=1S/C10H20O6/c1-13-6-7(12)9(15-3)10(16-4)8(5-11)14-2/h5,7-10,12H,6H2,1-4H3/t7-,8-,9-,10+/m0/s1. The molecule has 0 saturated heterocycles. The summed E-state index contributed by atoms with van der Waals surface area (Å²) in [7, 11) is 5.70. The zero-order valence-electron chi connectivity index (χ0n) is 10.1. The van der Waals surface area contributed by atoms with Crippen LogP contribution in [0.2, 0.25) is 0 Å². The van der Waals surface area contributed by atoms with Gasteiger partial charge in [-0.2, -0.15) is 0 Å². The zero-order chi connectivity index (χ0) is 12.6. The van der Waals surface area contributed by atoms with E-state index in [1.54, 1.807) is 0 Å². The number of ether oxygens (including phenoxy) is 4. The van der Waals surface area contributed by atoms with Crippen LogP contribution in [0.15, 0.2) is 0 Å². The molecule has 0 aromatic rings. The van der Waals surface area contributed by atoms with E-state index < -0.39 is 24.4 Å². The molecule has 96 valence electrons. The van der Waals surface area contributed by atoms with Crippen LogP contribution < -0.4 is 0 Å². The van der Waals surface area contributed by atoms with Crippen molar-refractivity contribution in [3.05, 3.63) is 0 Å². The normalized spacial score (nSPS) is 18.8. The third kappa shape index (κ3) is 4.15. The number of rotatable bonds is 9. The van der Waals surface area contributed by atoms with Gasteiger partial charge >= 0.3 is 0 Å². The molecule has 0 amide bonds. The maximum absolute atomic E-state index is 10.8. The third-order valence-electron chi connectivity index (χ3n) is 2.31. The van der Waals surface area contributed by atoms with Gasteiger partial charge in [-0.05, 0) is 0 Å². The molecule has 0 spiro atoms. The SMILES string of the molecule is COC[C@H](O)[C@H](OC)[C@H](OC)[C@H](C=O)OC. The van der Waals surface area contributed by atoms with Crippen LogP contribution in [-0.4, -0.2) is 70.9 Å². The Labute approximate surface area is 95.4 Å². The van der Waals surface area contributed by atoms with Gasteiger partial charge in [-0.15, -0.1) is 0 Å². The van der Waals surface area contributed by atoms with Gasteiger partial charge in [0.1, 0.15) is 24.4 Å². The van der Waals surface area contributed by atoms with Crippen LogP contribution in [0, 0.1) is 0 Å². The Hall–Kier alpha value is -0.530. The van der Waals surface area contributed by atoms with Crippen molar-refractivity contribution in [1.82, 2.24) is 0 Å². The number of hydrogen-bond donors (Lipinski definition) is 1. The number of hydrogen-bond acceptors (Lipinski definition) is 6. The number of aliphatic hydroxyl groups excluding tert-OH is 1. The molecular formula is C10H20O6. The van der Waals surface area contributed by atoms with Crippen molar-refractivity contribution in [2.24, 2.45) is 0 Å². The van der Waals surface area contributed by atoms with E-state index in [-0.39, 0.29) is 6.61 Å². The molecule has 6 heteroatoms. The van der Waals surface area contributed by atoms with Crippen LogP contribution >= 0.6 is 0 Å². The molecule has 0 aromatic carbocycles. The molecule has 0 fully saturated rings. The van der Waals surface area contributed by atoms with Crippen molar-refractivity contribution in [3.8, 4) is 0 Å². The van der Waals surface area contributed by atoms with Crippen molar-refractivity contribution in [1.29, 1.82) is 0 Å². The Morgan fingerprint density at radius 1 is 1.06 bits per heavy atom. The minimum absolute atomic E-state index is 0.0909. The lowest BCUT2D eigenvalue weighted by atomic mass is 10.0. The summed E-state index contributed by atoms with van der Waals surface area (Å²) in [6, 6.07) is 0. The second-order valence-electron chi connectivity index (χ2n) is 3.26. The van der Waals surface area contributed by atoms with Gasteiger partial charge in [0.25, 0.3) is 0 Å². The third-order valence-corrected chi connectivity index (χ3v) is 2.31. The Morgan fingerprint density at radius 3 is 1.94 bits per heavy atom. The summed E-state index contributed by atoms with van der Waals surface area (Å²) in [6.07, 6.45) is -2.45. The van der Waals surface area contributed by atoms with E-state index in [1.165, 1.54) is 28.4 Å². The average Bonchev–Trinajstić information content (AvgIpc) is 2.29. The highest BCUT2D eigenvalue weighted by Gasteiger charge is 2.34. The van der Waals surface area contributed by atoms with Gasteiger partial charge in [-0.25, -0.2) is 0 Å². The van der Waals surface area contributed by atoms with Crippen LogP contribution in [0.3, 0.4) is 0 Å². The minimum atomic E-state index is -0.891. The molecule has 0 radical (unpaired) electrons. The zero-order valence-corrected chi connectivity index (χ0v) is 10.1. The van der Waals surface area contributed by atoms with Crippen molar-refractivity contribution in [3.63, 3.8) is 0 Å². The van der Waals surface area contributed by atoms with E-state index in [2.05, 4.69) is 0 Å². The number of carbonyl (C=O) groups excluding carboxylic acids is 1. The summed E-state index contributed by atoms with van der Waals surface area (Å²) in [5.41, 5.74) is 0. The topological polar surface area (TPSA) is 74.2 Å². The Morgan fingerprint density at radius 2 is 1.62 bits per heavy atom. The van der Waals surface area contributed by atoms with Gasteiger partial charge in [0.2, 0.25) is 0 Å². The molecule has 0 heterocycles. The van der Waals surface area contributed by atoms with Crippen LogP contribution in [0.5, 0.6) is 0 Å². The highest BCUT2D eigenvalue weighted by atomic mass is 16.6. The molecule has 0 aliphatic rings. The maximum atomic E-state index is 10.8. The first-order valence-electron chi connectivity index (χ1n) is 4.86. The smallest absolute Gasteiger partial charge is 0.151 e. The molecule has 0 aromatic heterocycles. The largest absolute Gasteiger partial charge is 0.388 e. The van der Waals surface area contributed by atoms with Crippen LogP contribution in [0.25, 0.3) is 0 Å². The Kier molecular flexibility index (Phi) is 8.32. The van der Waals surface area contributed by atoms with E-state index in [0.29, 0.717) is 6.29 Å². The second kappa shape index (κ2) is 8.60. The van der Waals surface area contributed by atoms with Crippen molar-refractivity contribution >= 4 is 6.29 Å². The van der Waals surface area contributed by atoms with E-state index >= 15 is 0 Å². The maximum Gasteiger partial charge on any atom is 0.151 e. The fraction of sp³-hybridized carbons (Fsp3) is 0.900. The van der Waals surface area contributed by atoms with E-state index in [9.17, 15) is 9.90 Å². The predicted octanol–water partition coefficient (Wildman–Crippen LogP) is -0.762. The molecule has 0 unspecified atom stereocenters. The molecule has 0 rings (SSSR count). The second-order valence-corrected chi connectivity index (χ2v) is 3.26. The lowest BCUT2D eigenvalue weighted by Crippen LogP contribution is -2.49. The fourth-order valence-corrected chi connectivity index (χ4v) is 1.50. The average molecular weight is 236 g/mol. The van der Waals surface area contributed by atoms with Crippen molar-refractivity contribution in [2.75, 3.05) is 35.0 Å². The molecular weight excluding hydrogens is 216 g/mol. The minimum Gasteiger partial charge on any atom is -0.388 e. The summed E-state index contributed by atoms with van der Waals surface area (Å²) in [4.78, 5) is 10.8. The summed E-state index contributed by atoms with van der Waals surface area (Å²) < 4.78 is 20.0. The van der Waals surface area contributed by atoms with E-state index in [0.717, 1.165) is 0 Å². The van der Waals surface area contributed by atoms with Gasteiger partial charge in [0, 0.05) is 28.4 Å². The van der Waals surface area contributed by atoms with Crippen molar-refractivity contribution < 1.29 is 28.8 Å². The molecule has 0 saturated carbocycles. The molecule has 4 atom stereocenters. The lowest BCUT2D eigenvalue weighted by Gasteiger charge is -2.31. The summed E-state index contributed by atoms with van der Waals surface area (Å²) in [6.45, 7) is 0.0909. The highest BCUT2D eigenvalue weighted by Crippen LogP contribution is 2.13. The molecule has 6 nitrogen and oxygen atoms in total. The van der Waals surface area contributed by atoms with Gasteiger partial charge < -0.3 is 28.8 Å². The first kappa shape index (κ1) is 15.5. The number of aliphatic hydroxyl groups is 1. The first-order chi connectivity index (χ1) is 7.65. The predicted molar refractivity (Wildman–Crippen MR) is 56.3 cm³/mol. The Balaban J connectivity index is 4.65. The van der Waals surface area contributed by atoms with Crippen LogP contribution in [0.1, 0.15) is 0 Å². The van der Waals surface area contributed by atoms with Crippen LogP contribution in [-0.2, 0) is 23.7 Å². The Bertz CT molecular complexity index is 186. The molecule has 0 aliphatic heterocycles.